The Hall–Kier alpha value is -3.99. The van der Waals surface area contributed by atoms with Gasteiger partial charge < -0.3 is 10.2 Å². The Morgan fingerprint density at radius 2 is 1.18 bits per heavy atom. The van der Waals surface area contributed by atoms with Gasteiger partial charge >= 0.3 is 0 Å². The van der Waals surface area contributed by atoms with Crippen LogP contribution in [0.25, 0.3) is 34.0 Å². The fraction of sp³-hybridized carbons (Fsp3) is 0. The standard InChI is InChI=1S/C23H16N2O3/c26-17(9-5-15-7-11-20(27)22-18(15)3-1-13-24-22)10-6-16-8-12-21(28)23-19(16)4-2-14-25-23/h1-14,27-28H. The van der Waals surface area contributed by atoms with E-state index in [2.05, 4.69) is 9.97 Å². The van der Waals surface area contributed by atoms with Crippen LogP contribution >= 0.6 is 0 Å². The molecule has 2 N–H and O–H groups in total. The first-order valence-electron chi connectivity index (χ1n) is 8.67. The fourth-order valence-corrected chi connectivity index (χ4v) is 3.05. The van der Waals surface area contributed by atoms with Crippen molar-refractivity contribution in [3.8, 4) is 11.5 Å². The predicted octanol–water partition coefficient (Wildman–Crippen LogP) is 4.49. The number of aromatic nitrogens is 2. The third-order valence-electron chi connectivity index (χ3n) is 4.42. The van der Waals surface area contributed by atoms with E-state index in [1.807, 2.05) is 12.1 Å². The first-order valence-corrected chi connectivity index (χ1v) is 8.67. The molecule has 0 aliphatic rings. The number of phenolic OH excluding ortho intramolecular Hbond substituents is 2. The number of hydrogen-bond donors (Lipinski definition) is 2. The lowest BCUT2D eigenvalue weighted by atomic mass is 10.1. The Bertz CT molecular complexity index is 1160. The van der Waals surface area contributed by atoms with Crippen molar-refractivity contribution in [1.29, 1.82) is 0 Å². The molecule has 4 aromatic rings. The van der Waals surface area contributed by atoms with Gasteiger partial charge in [-0.15, -0.1) is 0 Å². The van der Waals surface area contributed by atoms with Crippen LogP contribution in [0.1, 0.15) is 11.1 Å². The van der Waals surface area contributed by atoms with E-state index in [9.17, 15) is 15.0 Å². The molecule has 0 amide bonds. The van der Waals surface area contributed by atoms with Gasteiger partial charge in [0, 0.05) is 23.2 Å². The van der Waals surface area contributed by atoms with E-state index in [1.165, 1.54) is 12.2 Å². The summed E-state index contributed by atoms with van der Waals surface area (Å²) in [5.41, 5.74) is 2.58. The van der Waals surface area contributed by atoms with Crippen LogP contribution in [0, 0.1) is 0 Å². The van der Waals surface area contributed by atoms with Crippen LogP contribution in [-0.4, -0.2) is 26.0 Å². The van der Waals surface area contributed by atoms with Gasteiger partial charge in [-0.25, -0.2) is 0 Å². The molecule has 0 fully saturated rings. The largest absolute Gasteiger partial charge is 0.506 e. The molecule has 5 heteroatoms. The number of aromatic hydroxyl groups is 2. The second-order valence-corrected chi connectivity index (χ2v) is 6.22. The zero-order valence-electron chi connectivity index (χ0n) is 14.8. The van der Waals surface area contributed by atoms with Gasteiger partial charge in [-0.2, -0.15) is 0 Å². The second-order valence-electron chi connectivity index (χ2n) is 6.22. The summed E-state index contributed by atoms with van der Waals surface area (Å²) in [5.74, 6) is 0.0220. The molecular weight excluding hydrogens is 352 g/mol. The minimum Gasteiger partial charge on any atom is -0.506 e. The lowest BCUT2D eigenvalue weighted by Gasteiger charge is -2.03. The van der Waals surface area contributed by atoms with Gasteiger partial charge in [0.15, 0.2) is 5.78 Å². The monoisotopic (exact) mass is 368 g/mol. The summed E-state index contributed by atoms with van der Waals surface area (Å²) in [6.45, 7) is 0. The van der Waals surface area contributed by atoms with E-state index in [-0.39, 0.29) is 17.3 Å². The minimum atomic E-state index is -0.185. The van der Waals surface area contributed by atoms with Crippen molar-refractivity contribution in [2.24, 2.45) is 0 Å². The quantitative estimate of drug-likeness (QED) is 0.519. The zero-order valence-corrected chi connectivity index (χ0v) is 14.8. The number of allylic oxidation sites excluding steroid dienone is 2. The molecule has 136 valence electrons. The highest BCUT2D eigenvalue weighted by molar-refractivity contribution is 6.07. The summed E-state index contributed by atoms with van der Waals surface area (Å²) < 4.78 is 0. The lowest BCUT2D eigenvalue weighted by Crippen LogP contribution is -1.88. The molecule has 2 heterocycles. The maximum atomic E-state index is 12.3. The van der Waals surface area contributed by atoms with Gasteiger partial charge in [0.25, 0.3) is 0 Å². The van der Waals surface area contributed by atoms with Crippen molar-refractivity contribution in [1.82, 2.24) is 9.97 Å². The highest BCUT2D eigenvalue weighted by atomic mass is 16.3. The Morgan fingerprint density at radius 3 is 1.64 bits per heavy atom. The summed E-state index contributed by atoms with van der Waals surface area (Å²) in [5, 5.41) is 21.3. The molecule has 4 rings (SSSR count). The third kappa shape index (κ3) is 3.33. The minimum absolute atomic E-state index is 0.104. The normalized spacial score (nSPS) is 11.7. The Balaban J connectivity index is 1.61. The molecule has 0 aliphatic heterocycles. The van der Waals surface area contributed by atoms with Crippen molar-refractivity contribution in [2.45, 2.75) is 0 Å². The van der Waals surface area contributed by atoms with Gasteiger partial charge in [0.2, 0.25) is 0 Å². The summed E-state index contributed by atoms with van der Waals surface area (Å²) in [6.07, 6.45) is 9.56. The van der Waals surface area contributed by atoms with Crippen molar-refractivity contribution >= 4 is 39.7 Å². The third-order valence-corrected chi connectivity index (χ3v) is 4.42. The van der Waals surface area contributed by atoms with E-state index in [4.69, 9.17) is 0 Å². The van der Waals surface area contributed by atoms with Gasteiger partial charge in [-0.1, -0.05) is 36.4 Å². The van der Waals surface area contributed by atoms with Crippen LogP contribution in [0.5, 0.6) is 11.5 Å². The molecule has 0 saturated heterocycles. The van der Waals surface area contributed by atoms with Crippen LogP contribution in [0.3, 0.4) is 0 Å². The number of rotatable bonds is 4. The highest BCUT2D eigenvalue weighted by Gasteiger charge is 2.05. The summed E-state index contributed by atoms with van der Waals surface area (Å²) in [7, 11) is 0. The maximum absolute atomic E-state index is 12.3. The van der Waals surface area contributed by atoms with Crippen molar-refractivity contribution in [3.63, 3.8) is 0 Å². The molecule has 0 spiro atoms. The molecule has 0 bridgehead atoms. The van der Waals surface area contributed by atoms with Gasteiger partial charge in [-0.3, -0.25) is 14.8 Å². The smallest absolute Gasteiger partial charge is 0.178 e. The van der Waals surface area contributed by atoms with Crippen LogP contribution in [0.2, 0.25) is 0 Å². The van der Waals surface area contributed by atoms with E-state index in [0.29, 0.717) is 11.0 Å². The predicted molar refractivity (Wildman–Crippen MR) is 110 cm³/mol. The first-order chi connectivity index (χ1) is 13.6. The summed E-state index contributed by atoms with van der Waals surface area (Å²) >= 11 is 0. The SMILES string of the molecule is O=C(C=Cc1ccc(O)c2ncccc12)C=Cc1ccc(O)c2ncccc12. The topological polar surface area (TPSA) is 83.3 Å². The second kappa shape index (κ2) is 7.32. The number of phenols is 2. The lowest BCUT2D eigenvalue weighted by molar-refractivity contribution is -0.110. The van der Waals surface area contributed by atoms with Gasteiger partial charge in [0.1, 0.15) is 22.5 Å². The van der Waals surface area contributed by atoms with Gasteiger partial charge in [-0.05, 0) is 47.5 Å². The van der Waals surface area contributed by atoms with Crippen LogP contribution in [-0.2, 0) is 4.79 Å². The molecule has 2 aromatic carbocycles. The average molecular weight is 368 g/mol. The number of fused-ring (bicyclic) bond motifs is 2. The fourth-order valence-electron chi connectivity index (χ4n) is 3.05. The number of ketones is 1. The number of carbonyl (C=O) groups excluding carboxylic acids is 1. The first kappa shape index (κ1) is 17.4. The van der Waals surface area contributed by atoms with Crippen LogP contribution < -0.4 is 0 Å². The summed E-state index contributed by atoms with van der Waals surface area (Å²) in [4.78, 5) is 20.6. The van der Waals surface area contributed by atoms with E-state index in [1.54, 1.807) is 60.9 Å². The molecule has 0 saturated carbocycles. The number of hydrogen-bond acceptors (Lipinski definition) is 5. The molecule has 0 unspecified atom stereocenters. The Kier molecular flexibility index (Phi) is 4.56. The van der Waals surface area contributed by atoms with Crippen LogP contribution in [0.15, 0.2) is 73.1 Å². The molecule has 0 radical (unpaired) electrons. The van der Waals surface area contributed by atoms with Crippen molar-refractivity contribution in [3.05, 3.63) is 84.2 Å². The van der Waals surface area contributed by atoms with E-state index >= 15 is 0 Å². The highest BCUT2D eigenvalue weighted by Crippen LogP contribution is 2.27. The number of benzene rings is 2. The van der Waals surface area contributed by atoms with E-state index in [0.717, 1.165) is 21.9 Å². The molecule has 0 atom stereocenters. The van der Waals surface area contributed by atoms with Crippen molar-refractivity contribution in [2.75, 3.05) is 0 Å². The zero-order chi connectivity index (χ0) is 19.5. The van der Waals surface area contributed by atoms with Gasteiger partial charge in [0.05, 0.1) is 0 Å². The molecule has 0 aliphatic carbocycles. The Labute approximate surface area is 160 Å². The van der Waals surface area contributed by atoms with Crippen molar-refractivity contribution < 1.29 is 15.0 Å². The number of pyridine rings is 2. The molecular formula is C23H16N2O3. The number of carbonyl (C=O) groups is 1. The average Bonchev–Trinajstić information content (AvgIpc) is 2.73. The maximum Gasteiger partial charge on any atom is 0.178 e. The molecule has 5 nitrogen and oxygen atoms in total. The summed E-state index contributed by atoms with van der Waals surface area (Å²) in [6, 6.07) is 13.9. The molecule has 28 heavy (non-hydrogen) atoms. The number of nitrogens with zero attached hydrogens (tertiary/aromatic N) is 2. The molecule has 2 aromatic heterocycles. The van der Waals surface area contributed by atoms with E-state index < -0.39 is 0 Å². The Morgan fingerprint density at radius 1 is 0.714 bits per heavy atom. The van der Waals surface area contributed by atoms with Crippen LogP contribution in [0.4, 0.5) is 0 Å².